The summed E-state index contributed by atoms with van der Waals surface area (Å²) in [5, 5.41) is 18.6. The fourth-order valence-electron chi connectivity index (χ4n) is 2.96. The van der Waals surface area contributed by atoms with E-state index in [0.29, 0.717) is 6.20 Å². The Morgan fingerprint density at radius 2 is 1.96 bits per heavy atom. The Hall–Kier alpha value is -2.47. The number of fused-ring (bicyclic) bond motifs is 1. The molecule has 0 bridgehead atoms. The van der Waals surface area contributed by atoms with Gasteiger partial charge >= 0.3 is 6.18 Å². The van der Waals surface area contributed by atoms with Gasteiger partial charge in [-0.3, -0.25) is 0 Å². The quantitative estimate of drug-likeness (QED) is 0.778. The van der Waals surface area contributed by atoms with Crippen LogP contribution in [0.4, 0.5) is 26.3 Å². The molecule has 1 N–H and O–H groups in total. The van der Waals surface area contributed by atoms with Gasteiger partial charge in [-0.05, 0) is 24.6 Å². The fraction of sp³-hybridized carbons (Fsp3) is 0.312. The highest BCUT2D eigenvalue weighted by atomic mass is 19.4. The van der Waals surface area contributed by atoms with Gasteiger partial charge in [-0.25, -0.2) is 13.2 Å². The van der Waals surface area contributed by atoms with E-state index in [1.54, 1.807) is 6.07 Å². The maximum Gasteiger partial charge on any atom is 0.418 e. The molecule has 0 aliphatic heterocycles. The Bertz CT molecular complexity index is 878. The van der Waals surface area contributed by atoms with Crippen LogP contribution in [0.25, 0.3) is 5.69 Å². The SMILES string of the molecule is N#Cc1cc(-n2cc(C(F)(F)F)c3c2CCC(F)(F)[C@@H]3O)ccc1F. The molecule has 25 heavy (non-hydrogen) atoms. The number of aliphatic hydroxyl groups is 1. The van der Waals surface area contributed by atoms with Crippen LogP contribution in [0.5, 0.6) is 0 Å². The topological polar surface area (TPSA) is 49.0 Å². The van der Waals surface area contributed by atoms with E-state index in [9.17, 15) is 31.4 Å². The second-order valence-electron chi connectivity index (χ2n) is 5.71. The highest BCUT2D eigenvalue weighted by Crippen LogP contribution is 2.48. The molecule has 0 unspecified atom stereocenters. The summed E-state index contributed by atoms with van der Waals surface area (Å²) >= 11 is 0. The molecule has 0 amide bonds. The van der Waals surface area contributed by atoms with Crippen LogP contribution in [0.1, 0.15) is 34.9 Å². The second-order valence-corrected chi connectivity index (χ2v) is 5.71. The number of hydrogen-bond donors (Lipinski definition) is 1. The van der Waals surface area contributed by atoms with Gasteiger partial charge in [-0.15, -0.1) is 0 Å². The molecular formula is C16H10F6N2O. The van der Waals surface area contributed by atoms with Gasteiger partial charge < -0.3 is 9.67 Å². The minimum atomic E-state index is -4.96. The number of rotatable bonds is 1. The van der Waals surface area contributed by atoms with Crippen LogP contribution in [0, 0.1) is 17.1 Å². The zero-order valence-corrected chi connectivity index (χ0v) is 12.4. The first-order valence-corrected chi connectivity index (χ1v) is 7.13. The van der Waals surface area contributed by atoms with Gasteiger partial charge in [-0.2, -0.15) is 18.4 Å². The minimum absolute atomic E-state index is 0.0158. The first-order valence-electron chi connectivity index (χ1n) is 7.13. The summed E-state index contributed by atoms with van der Waals surface area (Å²) < 4.78 is 81.6. The number of aromatic nitrogens is 1. The molecule has 3 rings (SSSR count). The molecule has 0 saturated heterocycles. The molecule has 3 nitrogen and oxygen atoms in total. The maximum absolute atomic E-state index is 13.7. The third kappa shape index (κ3) is 2.76. The lowest BCUT2D eigenvalue weighted by atomic mass is 9.89. The molecular weight excluding hydrogens is 350 g/mol. The fourth-order valence-corrected chi connectivity index (χ4v) is 2.96. The predicted octanol–water partition coefficient (Wildman–Crippen LogP) is 4.12. The van der Waals surface area contributed by atoms with E-state index >= 15 is 0 Å². The summed E-state index contributed by atoms with van der Waals surface area (Å²) in [7, 11) is 0. The summed E-state index contributed by atoms with van der Waals surface area (Å²) in [6.07, 6.45) is -8.19. The summed E-state index contributed by atoms with van der Waals surface area (Å²) in [6.45, 7) is 0. The van der Waals surface area contributed by atoms with Crippen molar-refractivity contribution >= 4 is 0 Å². The highest BCUT2D eigenvalue weighted by Gasteiger charge is 2.50. The van der Waals surface area contributed by atoms with Crippen molar-refractivity contribution in [2.75, 3.05) is 0 Å². The molecule has 0 radical (unpaired) electrons. The molecule has 0 saturated carbocycles. The van der Waals surface area contributed by atoms with Crippen molar-refractivity contribution in [2.45, 2.75) is 31.0 Å². The zero-order valence-electron chi connectivity index (χ0n) is 12.4. The number of nitriles is 1. The number of nitrogens with zero attached hydrogens (tertiary/aromatic N) is 2. The molecule has 1 aliphatic rings. The molecule has 0 spiro atoms. The lowest BCUT2D eigenvalue weighted by molar-refractivity contribution is -0.147. The van der Waals surface area contributed by atoms with Crippen molar-refractivity contribution in [1.82, 2.24) is 4.57 Å². The van der Waals surface area contributed by atoms with Gasteiger partial charge in [0, 0.05) is 29.6 Å². The molecule has 1 heterocycles. The molecule has 1 aromatic carbocycles. The molecule has 1 aromatic heterocycles. The normalized spacial score (nSPS) is 19.4. The largest absolute Gasteiger partial charge is 0.418 e. The van der Waals surface area contributed by atoms with Crippen LogP contribution in [0.2, 0.25) is 0 Å². The Morgan fingerprint density at radius 3 is 2.56 bits per heavy atom. The van der Waals surface area contributed by atoms with Crippen LogP contribution < -0.4 is 0 Å². The number of halogens is 6. The first-order chi connectivity index (χ1) is 11.6. The van der Waals surface area contributed by atoms with Crippen LogP contribution in [0.3, 0.4) is 0 Å². The van der Waals surface area contributed by atoms with Crippen molar-refractivity contribution in [3.8, 4) is 11.8 Å². The van der Waals surface area contributed by atoms with Gasteiger partial charge in [0.2, 0.25) is 0 Å². The second kappa shape index (κ2) is 5.52. The van der Waals surface area contributed by atoms with Gasteiger partial charge in [0.05, 0.1) is 11.1 Å². The van der Waals surface area contributed by atoms with Crippen LogP contribution in [-0.2, 0) is 12.6 Å². The van der Waals surface area contributed by atoms with Crippen LogP contribution in [-0.4, -0.2) is 15.6 Å². The van der Waals surface area contributed by atoms with Crippen molar-refractivity contribution in [3.05, 3.63) is 52.6 Å². The lowest BCUT2D eigenvalue weighted by Gasteiger charge is -2.29. The smallest absolute Gasteiger partial charge is 0.382 e. The van der Waals surface area contributed by atoms with E-state index < -0.39 is 53.6 Å². The summed E-state index contributed by atoms with van der Waals surface area (Å²) in [6, 6.07) is 4.63. The zero-order chi connectivity index (χ0) is 18.6. The van der Waals surface area contributed by atoms with E-state index in [1.807, 2.05) is 0 Å². The highest BCUT2D eigenvalue weighted by molar-refractivity contribution is 5.49. The monoisotopic (exact) mass is 360 g/mol. The molecule has 132 valence electrons. The Balaban J connectivity index is 2.26. The van der Waals surface area contributed by atoms with Crippen molar-refractivity contribution in [3.63, 3.8) is 0 Å². The molecule has 1 atom stereocenters. The minimum Gasteiger partial charge on any atom is -0.382 e. The average Bonchev–Trinajstić information content (AvgIpc) is 2.92. The molecule has 2 aromatic rings. The van der Waals surface area contributed by atoms with Crippen molar-refractivity contribution in [2.24, 2.45) is 0 Å². The van der Waals surface area contributed by atoms with Gasteiger partial charge in [0.15, 0.2) is 0 Å². The van der Waals surface area contributed by atoms with Crippen LogP contribution >= 0.6 is 0 Å². The number of alkyl halides is 5. The summed E-state index contributed by atoms with van der Waals surface area (Å²) in [4.78, 5) is 0. The van der Waals surface area contributed by atoms with E-state index in [4.69, 9.17) is 5.26 Å². The molecule has 9 heteroatoms. The standard InChI is InChI=1S/C16H10F6N2O/c17-11-2-1-9(5-8(11)6-23)24-7-10(16(20,21)22)13-12(24)3-4-15(18,19)14(13)25/h1-2,5,7,14,25H,3-4H2/t14-/m1/s1. The first kappa shape index (κ1) is 17.4. The summed E-state index contributed by atoms with van der Waals surface area (Å²) in [5.74, 6) is -4.53. The Labute approximate surface area is 137 Å². The van der Waals surface area contributed by atoms with Gasteiger partial charge in [0.1, 0.15) is 18.0 Å². The molecule has 0 fully saturated rings. The van der Waals surface area contributed by atoms with E-state index in [1.165, 1.54) is 0 Å². The summed E-state index contributed by atoms with van der Waals surface area (Å²) in [5.41, 5.74) is -2.78. The third-order valence-electron chi connectivity index (χ3n) is 4.17. The number of hydrogen-bond acceptors (Lipinski definition) is 2. The number of aliphatic hydroxyl groups excluding tert-OH is 1. The van der Waals surface area contributed by atoms with E-state index in [0.717, 1.165) is 22.8 Å². The van der Waals surface area contributed by atoms with E-state index in [2.05, 4.69) is 0 Å². The number of benzene rings is 1. The average molecular weight is 360 g/mol. The van der Waals surface area contributed by atoms with Crippen molar-refractivity contribution in [1.29, 1.82) is 5.26 Å². The lowest BCUT2D eigenvalue weighted by Crippen LogP contribution is -2.33. The van der Waals surface area contributed by atoms with Crippen molar-refractivity contribution < 1.29 is 31.4 Å². The van der Waals surface area contributed by atoms with Gasteiger partial charge in [0.25, 0.3) is 5.92 Å². The predicted molar refractivity (Wildman–Crippen MR) is 73.7 cm³/mol. The Morgan fingerprint density at radius 1 is 1.28 bits per heavy atom. The van der Waals surface area contributed by atoms with E-state index in [-0.39, 0.29) is 11.4 Å². The molecule has 1 aliphatic carbocycles. The third-order valence-corrected chi connectivity index (χ3v) is 4.17. The maximum atomic E-state index is 13.7. The Kier molecular flexibility index (Phi) is 3.84. The van der Waals surface area contributed by atoms with Gasteiger partial charge in [-0.1, -0.05) is 0 Å². The van der Waals surface area contributed by atoms with Crippen LogP contribution in [0.15, 0.2) is 24.4 Å².